The van der Waals surface area contributed by atoms with E-state index in [9.17, 15) is 9.59 Å². The van der Waals surface area contributed by atoms with E-state index in [2.05, 4.69) is 5.32 Å². The second-order valence-electron chi connectivity index (χ2n) is 4.18. The fourth-order valence-electron chi connectivity index (χ4n) is 2.27. The monoisotopic (exact) mass is 257 g/mol. The van der Waals surface area contributed by atoms with Crippen LogP contribution < -0.4 is 10.1 Å². The Morgan fingerprint density at radius 2 is 1.95 bits per heavy atom. The maximum atomic E-state index is 11.8. The average molecular weight is 257 g/mol. The van der Waals surface area contributed by atoms with Gasteiger partial charge in [-0.25, -0.2) is 4.79 Å². The van der Waals surface area contributed by atoms with Crippen molar-refractivity contribution in [1.82, 2.24) is 5.32 Å². The Hall–Kier alpha value is -2.56. The molecule has 0 aromatic heterocycles. The first-order chi connectivity index (χ1) is 9.20. The Labute approximate surface area is 109 Å². The molecule has 0 aliphatic carbocycles. The maximum Gasteiger partial charge on any atom is 0.415 e. The van der Waals surface area contributed by atoms with E-state index in [-0.39, 0.29) is 0 Å². The number of rotatable bonds is 2. The predicted octanol–water partition coefficient (Wildman–Crippen LogP) is 2.16. The van der Waals surface area contributed by atoms with Gasteiger partial charge in [0, 0.05) is 0 Å². The third-order valence-electron chi connectivity index (χ3n) is 3.10. The molecule has 1 N–H and O–H groups in total. The van der Waals surface area contributed by atoms with Gasteiger partial charge in [0.1, 0.15) is 5.75 Å². The van der Waals surface area contributed by atoms with Gasteiger partial charge < -0.3 is 9.47 Å². The van der Waals surface area contributed by atoms with Crippen LogP contribution in [0.3, 0.4) is 0 Å². The zero-order valence-electron chi connectivity index (χ0n) is 10.2. The lowest BCUT2D eigenvalue weighted by atomic mass is 9.99. The number of methoxy groups -OCH3 is 1. The van der Waals surface area contributed by atoms with E-state index >= 15 is 0 Å². The molecule has 2 amide bonds. The van der Waals surface area contributed by atoms with Crippen LogP contribution in [-0.2, 0) is 9.53 Å². The molecule has 96 valence electrons. The molecule has 0 unspecified atom stereocenters. The van der Waals surface area contributed by atoms with Crippen molar-refractivity contribution >= 4 is 22.8 Å². The summed E-state index contributed by atoms with van der Waals surface area (Å²) in [6.07, 6.45) is -1.70. The number of nitrogens with one attached hydrogen (secondary N) is 1. The summed E-state index contributed by atoms with van der Waals surface area (Å²) in [5.41, 5.74) is 0.573. The molecular weight excluding hydrogens is 246 g/mol. The zero-order valence-corrected chi connectivity index (χ0v) is 10.2. The minimum Gasteiger partial charge on any atom is -0.496 e. The van der Waals surface area contributed by atoms with Crippen molar-refractivity contribution in [1.29, 1.82) is 0 Å². The number of benzene rings is 2. The van der Waals surface area contributed by atoms with Gasteiger partial charge in [0.25, 0.3) is 5.91 Å². The molecule has 1 aliphatic heterocycles. The Kier molecular flexibility index (Phi) is 2.59. The Morgan fingerprint density at radius 3 is 2.63 bits per heavy atom. The third kappa shape index (κ3) is 1.79. The molecule has 19 heavy (non-hydrogen) atoms. The van der Waals surface area contributed by atoms with Crippen LogP contribution in [0.5, 0.6) is 5.75 Å². The van der Waals surface area contributed by atoms with Gasteiger partial charge in [-0.3, -0.25) is 10.1 Å². The number of carbonyl (C=O) groups excluding carboxylic acids is 2. The lowest BCUT2D eigenvalue weighted by Gasteiger charge is -2.14. The Morgan fingerprint density at radius 1 is 1.16 bits per heavy atom. The number of carbonyl (C=O) groups is 2. The van der Waals surface area contributed by atoms with Crippen LogP contribution in [0.15, 0.2) is 36.4 Å². The van der Waals surface area contributed by atoms with E-state index in [0.717, 1.165) is 10.8 Å². The van der Waals surface area contributed by atoms with Crippen LogP contribution in [0.2, 0.25) is 0 Å². The fraction of sp³-hybridized carbons (Fsp3) is 0.143. The second-order valence-corrected chi connectivity index (χ2v) is 4.18. The molecule has 0 bridgehead atoms. The van der Waals surface area contributed by atoms with Crippen molar-refractivity contribution in [2.45, 2.75) is 6.10 Å². The summed E-state index contributed by atoms with van der Waals surface area (Å²) in [5, 5.41) is 3.91. The summed E-state index contributed by atoms with van der Waals surface area (Å²) in [6, 6.07) is 11.2. The van der Waals surface area contributed by atoms with Crippen LogP contribution in [0, 0.1) is 0 Å². The third-order valence-corrected chi connectivity index (χ3v) is 3.10. The minimum atomic E-state index is -0.964. The molecule has 0 spiro atoms. The zero-order chi connectivity index (χ0) is 13.4. The first kappa shape index (κ1) is 11.5. The van der Waals surface area contributed by atoms with Crippen molar-refractivity contribution in [3.8, 4) is 5.75 Å². The summed E-state index contributed by atoms with van der Waals surface area (Å²) in [4.78, 5) is 23.0. The summed E-state index contributed by atoms with van der Waals surface area (Å²) in [6.45, 7) is 0. The molecule has 2 aromatic carbocycles. The van der Waals surface area contributed by atoms with E-state index < -0.39 is 18.1 Å². The van der Waals surface area contributed by atoms with E-state index in [4.69, 9.17) is 9.47 Å². The van der Waals surface area contributed by atoms with E-state index in [1.165, 1.54) is 7.11 Å². The van der Waals surface area contributed by atoms with Gasteiger partial charge in [0.05, 0.1) is 12.7 Å². The second kappa shape index (κ2) is 4.28. The molecular formula is C14H11NO4. The van der Waals surface area contributed by atoms with Crippen LogP contribution in [0.4, 0.5) is 4.79 Å². The maximum absolute atomic E-state index is 11.8. The largest absolute Gasteiger partial charge is 0.496 e. The molecule has 1 atom stereocenters. The molecule has 0 radical (unpaired) electrons. The predicted molar refractivity (Wildman–Crippen MR) is 67.9 cm³/mol. The first-order valence-corrected chi connectivity index (χ1v) is 5.78. The van der Waals surface area contributed by atoms with Crippen molar-refractivity contribution in [2.75, 3.05) is 7.11 Å². The number of amides is 2. The highest BCUT2D eigenvalue weighted by molar-refractivity contribution is 6.03. The highest BCUT2D eigenvalue weighted by atomic mass is 16.6. The number of hydrogen-bond donors (Lipinski definition) is 1. The van der Waals surface area contributed by atoms with Crippen LogP contribution >= 0.6 is 0 Å². The average Bonchev–Trinajstić information content (AvgIpc) is 2.76. The van der Waals surface area contributed by atoms with E-state index in [1.807, 2.05) is 30.3 Å². The summed E-state index contributed by atoms with van der Waals surface area (Å²) in [5.74, 6) is 0.0493. The number of alkyl carbamates (subject to hydrolysis) is 1. The molecule has 1 heterocycles. The number of cyclic esters (lactones) is 1. The standard InChI is InChI=1S/C14H11NO4/c1-18-10-7-6-8-4-2-3-5-9(8)11(10)12-13(16)15-14(17)19-12/h2-7,12H,1H3,(H,15,16,17)/t12-/m0/s1. The number of fused-ring (bicyclic) bond motifs is 1. The lowest BCUT2D eigenvalue weighted by Crippen LogP contribution is -2.20. The van der Waals surface area contributed by atoms with Gasteiger partial charge in [0.2, 0.25) is 6.10 Å². The molecule has 5 heteroatoms. The summed E-state index contributed by atoms with van der Waals surface area (Å²) >= 11 is 0. The van der Waals surface area contributed by atoms with Crippen molar-refractivity contribution in [3.05, 3.63) is 42.0 Å². The van der Waals surface area contributed by atoms with Crippen LogP contribution in [-0.4, -0.2) is 19.1 Å². The van der Waals surface area contributed by atoms with Gasteiger partial charge in [-0.2, -0.15) is 0 Å². The number of imide groups is 1. The van der Waals surface area contributed by atoms with E-state index in [1.54, 1.807) is 6.07 Å². The minimum absolute atomic E-state index is 0.473. The Bertz CT molecular complexity index is 680. The van der Waals surface area contributed by atoms with Gasteiger partial charge >= 0.3 is 6.09 Å². The van der Waals surface area contributed by atoms with E-state index in [0.29, 0.717) is 11.3 Å². The van der Waals surface area contributed by atoms with Gasteiger partial charge in [-0.15, -0.1) is 0 Å². The molecule has 3 rings (SSSR count). The Balaban J connectivity index is 2.25. The summed E-state index contributed by atoms with van der Waals surface area (Å²) < 4.78 is 10.3. The van der Waals surface area contributed by atoms with Crippen molar-refractivity contribution in [2.24, 2.45) is 0 Å². The highest BCUT2D eigenvalue weighted by Gasteiger charge is 2.36. The van der Waals surface area contributed by atoms with Crippen molar-refractivity contribution < 1.29 is 19.1 Å². The topological polar surface area (TPSA) is 64.6 Å². The number of ether oxygens (including phenoxy) is 2. The quantitative estimate of drug-likeness (QED) is 0.895. The highest BCUT2D eigenvalue weighted by Crippen LogP contribution is 2.36. The molecule has 0 saturated carbocycles. The molecule has 5 nitrogen and oxygen atoms in total. The molecule has 1 fully saturated rings. The summed E-state index contributed by atoms with van der Waals surface area (Å²) in [7, 11) is 1.52. The van der Waals surface area contributed by atoms with Crippen LogP contribution in [0.1, 0.15) is 11.7 Å². The van der Waals surface area contributed by atoms with Gasteiger partial charge in [0.15, 0.2) is 0 Å². The normalized spacial score (nSPS) is 18.3. The van der Waals surface area contributed by atoms with Crippen molar-refractivity contribution in [3.63, 3.8) is 0 Å². The molecule has 1 saturated heterocycles. The lowest BCUT2D eigenvalue weighted by molar-refractivity contribution is -0.123. The fourth-order valence-corrected chi connectivity index (χ4v) is 2.27. The molecule has 1 aliphatic rings. The first-order valence-electron chi connectivity index (χ1n) is 5.78. The SMILES string of the molecule is COc1ccc2ccccc2c1[C@@H]1OC(=O)NC1=O. The van der Waals surface area contributed by atoms with Gasteiger partial charge in [-0.1, -0.05) is 30.3 Å². The van der Waals surface area contributed by atoms with Crippen LogP contribution in [0.25, 0.3) is 10.8 Å². The molecule has 2 aromatic rings. The number of hydrogen-bond acceptors (Lipinski definition) is 4. The van der Waals surface area contributed by atoms with Gasteiger partial charge in [-0.05, 0) is 16.8 Å². The smallest absolute Gasteiger partial charge is 0.415 e.